The lowest BCUT2D eigenvalue weighted by Gasteiger charge is -1.59. The van der Waals surface area contributed by atoms with Crippen LogP contribution in [0.2, 0.25) is 0 Å². The molecule has 0 aliphatic heterocycles. The molecule has 5 heavy (non-hydrogen) atoms. The Labute approximate surface area is 41.7 Å². The maximum absolute atomic E-state index is 8.78. The Bertz CT molecular complexity index is 32.6. The van der Waals surface area contributed by atoms with Crippen molar-refractivity contribution in [2.24, 2.45) is 0 Å². The van der Waals surface area contributed by atoms with Gasteiger partial charge in [-0.05, 0) is 0 Å². The Balaban J connectivity index is 0. The Hall–Kier alpha value is 0.0674. The van der Waals surface area contributed by atoms with Crippen molar-refractivity contribution >= 4 is 31.1 Å². The van der Waals surface area contributed by atoms with E-state index in [0.717, 1.165) is 0 Å². The third-order valence-corrected chi connectivity index (χ3v) is 0. The minimum atomic E-state index is -1.33. The molecule has 0 rings (SSSR count). The van der Waals surface area contributed by atoms with Gasteiger partial charge in [0.05, 0.1) is 0 Å². The van der Waals surface area contributed by atoms with E-state index in [1.165, 1.54) is 0 Å². The zero-order valence-corrected chi connectivity index (χ0v) is 4.93. The van der Waals surface area contributed by atoms with Gasteiger partial charge in [0.25, 0.3) is 0 Å². The van der Waals surface area contributed by atoms with E-state index >= 15 is 0 Å². The molecule has 0 aliphatic rings. The largest absolute Gasteiger partial charge is 0.490 e. The van der Waals surface area contributed by atoms with E-state index in [2.05, 4.69) is 7.85 Å². The quantitative estimate of drug-likeness (QED) is 0.379. The van der Waals surface area contributed by atoms with Crippen LogP contribution in [0.25, 0.3) is 0 Å². The van der Waals surface area contributed by atoms with Crippen LogP contribution in [0.1, 0.15) is 0 Å². The molecule has 0 saturated heterocycles. The van der Waals surface area contributed by atoms with E-state index < -0.39 is 5.87 Å². The Kier molecular flexibility index (Phi) is 7.25. The summed E-state index contributed by atoms with van der Waals surface area (Å²) in [4.78, 5) is 8.78. The highest BCUT2D eigenvalue weighted by molar-refractivity contribution is 6.54. The zero-order valence-electron chi connectivity index (χ0n) is 2.93. The topological polar surface area (TPSA) is 37.3 Å². The molecule has 0 fully saturated rings. The number of rotatable bonds is 0. The first kappa shape index (κ1) is 8.91. The molecule has 25 valence electrons. The molecule has 0 aliphatic carbocycles. The van der Waals surface area contributed by atoms with Crippen LogP contribution >= 0.6 is 0 Å². The number of carboxylic acid groups (broad SMARTS) is 1. The third-order valence-electron chi connectivity index (χ3n) is 0. The first-order valence-corrected chi connectivity index (χ1v) is 0.716. The summed E-state index contributed by atoms with van der Waals surface area (Å²) in [6.07, 6.45) is 0. The van der Waals surface area contributed by atoms with Crippen LogP contribution in [0.5, 0.6) is 0 Å². The zero-order chi connectivity index (χ0) is 3.58. The Morgan fingerprint density at radius 3 is 1.80 bits per heavy atom. The molecule has 4 heteroatoms. The summed E-state index contributed by atoms with van der Waals surface area (Å²) in [6.45, 7) is 0. The van der Waals surface area contributed by atoms with Gasteiger partial charge in [0, 0.05) is 0 Å². The summed E-state index contributed by atoms with van der Waals surface area (Å²) in [6, 6.07) is 0. The van der Waals surface area contributed by atoms with Crippen molar-refractivity contribution in [1.29, 1.82) is 0 Å². The SMILES string of the molecule is [AlH2].[B]C(=O)O. The lowest BCUT2D eigenvalue weighted by Crippen LogP contribution is -1.83. The van der Waals surface area contributed by atoms with Gasteiger partial charge in [-0.3, -0.25) is 4.79 Å². The van der Waals surface area contributed by atoms with Crippen LogP contribution in [-0.4, -0.2) is 36.2 Å². The van der Waals surface area contributed by atoms with Crippen LogP contribution in [0.15, 0.2) is 0 Å². The fourth-order valence-corrected chi connectivity index (χ4v) is 0. The minimum absolute atomic E-state index is 0. The van der Waals surface area contributed by atoms with E-state index in [1.54, 1.807) is 0 Å². The molecule has 0 saturated carbocycles. The molecule has 0 heterocycles. The summed E-state index contributed by atoms with van der Waals surface area (Å²) in [5.74, 6) is -1.33. The van der Waals surface area contributed by atoms with E-state index in [1.807, 2.05) is 0 Å². The minimum Gasteiger partial charge on any atom is -0.490 e. The average molecular weight is 84.8 g/mol. The van der Waals surface area contributed by atoms with E-state index in [0.29, 0.717) is 0 Å². The fourth-order valence-electron chi connectivity index (χ4n) is 0. The van der Waals surface area contributed by atoms with Gasteiger partial charge in [0.2, 0.25) is 13.7 Å². The van der Waals surface area contributed by atoms with Gasteiger partial charge in [0.15, 0.2) is 0 Å². The second-order valence-corrected chi connectivity index (χ2v) is 0.338. The summed E-state index contributed by atoms with van der Waals surface area (Å²) in [5, 5.41) is 7.19. The predicted molar refractivity (Wildman–Crippen MR) is 22.3 cm³/mol. The van der Waals surface area contributed by atoms with Gasteiger partial charge in [-0.2, -0.15) is 0 Å². The summed E-state index contributed by atoms with van der Waals surface area (Å²) < 4.78 is 0. The lowest BCUT2D eigenvalue weighted by molar-refractivity contribution is 0.220. The fraction of sp³-hybridized carbons (Fsp3) is 0. The van der Waals surface area contributed by atoms with Crippen molar-refractivity contribution in [3.05, 3.63) is 0 Å². The van der Waals surface area contributed by atoms with Crippen molar-refractivity contribution in [2.45, 2.75) is 0 Å². The molecule has 0 atom stereocenters. The van der Waals surface area contributed by atoms with Gasteiger partial charge in [-0.15, -0.1) is 0 Å². The second kappa shape index (κ2) is 4.07. The number of carbonyl (C=O) groups is 1. The van der Waals surface area contributed by atoms with Crippen LogP contribution < -0.4 is 0 Å². The Morgan fingerprint density at radius 1 is 1.80 bits per heavy atom. The molecule has 0 spiro atoms. The van der Waals surface area contributed by atoms with Crippen molar-refractivity contribution in [3.63, 3.8) is 0 Å². The molecule has 0 aromatic heterocycles. The van der Waals surface area contributed by atoms with Crippen molar-refractivity contribution < 1.29 is 9.90 Å². The average Bonchev–Trinajstić information content (AvgIpc) is 0.811. The molecule has 0 aromatic carbocycles. The molecule has 0 bridgehead atoms. The van der Waals surface area contributed by atoms with E-state index in [-0.39, 0.29) is 17.4 Å². The number of hydrogen-bond donors (Lipinski definition) is 1. The smallest absolute Gasteiger partial charge is 0.233 e. The molecular weight excluding hydrogens is 81.8 g/mol. The monoisotopic (exact) mass is 85.0 g/mol. The summed E-state index contributed by atoms with van der Waals surface area (Å²) in [5.41, 5.74) is 0. The van der Waals surface area contributed by atoms with Crippen LogP contribution in [-0.2, 0) is 0 Å². The van der Waals surface area contributed by atoms with Crippen molar-refractivity contribution in [3.8, 4) is 0 Å². The molecule has 2 nitrogen and oxygen atoms in total. The molecule has 0 amide bonds. The first-order valence-electron chi connectivity index (χ1n) is 0.716. The van der Waals surface area contributed by atoms with Gasteiger partial charge in [-0.1, -0.05) is 0 Å². The lowest BCUT2D eigenvalue weighted by atomic mass is 10.2. The van der Waals surface area contributed by atoms with Crippen LogP contribution in [0.3, 0.4) is 0 Å². The van der Waals surface area contributed by atoms with Crippen LogP contribution in [0, 0.1) is 0 Å². The molecule has 1 N–H and O–H groups in total. The normalized spacial score (nSPS) is 4.80. The molecule has 0 unspecified atom stereocenters. The standard InChI is InChI=1S/CHBO2.Al.2H/c2-1(3)4;;;/h(H,3,4);;;. The predicted octanol–water partition coefficient (Wildman–Crippen LogP) is -1.08. The molecule has 3 radical (unpaired) electrons. The van der Waals surface area contributed by atoms with Gasteiger partial charge in [0.1, 0.15) is 17.4 Å². The maximum atomic E-state index is 8.78. The third kappa shape index (κ3) is 3830. The van der Waals surface area contributed by atoms with Crippen LogP contribution in [0.4, 0.5) is 4.79 Å². The molecular formula is CH3AlBO2. The second-order valence-electron chi connectivity index (χ2n) is 0.338. The highest BCUT2D eigenvalue weighted by atomic mass is 27.0. The van der Waals surface area contributed by atoms with Gasteiger partial charge >= 0.3 is 0 Å². The maximum Gasteiger partial charge on any atom is 0.233 e. The molecule has 0 aromatic rings. The van der Waals surface area contributed by atoms with E-state index in [4.69, 9.17) is 9.90 Å². The Morgan fingerprint density at radius 2 is 1.80 bits per heavy atom. The van der Waals surface area contributed by atoms with E-state index in [9.17, 15) is 0 Å². The highest BCUT2D eigenvalue weighted by Crippen LogP contribution is 1.41. The first-order chi connectivity index (χ1) is 1.73. The highest BCUT2D eigenvalue weighted by Gasteiger charge is 1.66. The van der Waals surface area contributed by atoms with Gasteiger partial charge < -0.3 is 5.11 Å². The summed E-state index contributed by atoms with van der Waals surface area (Å²) >= 11 is 0. The summed E-state index contributed by atoms with van der Waals surface area (Å²) in [7, 11) is 4.03. The van der Waals surface area contributed by atoms with Gasteiger partial charge in [-0.25, -0.2) is 0 Å². The van der Waals surface area contributed by atoms with Crippen molar-refractivity contribution in [2.75, 3.05) is 0 Å². The number of hydrogen-bond acceptors (Lipinski definition) is 1. The van der Waals surface area contributed by atoms with Crippen molar-refractivity contribution in [1.82, 2.24) is 0 Å².